The highest BCUT2D eigenvalue weighted by Gasteiger charge is 2.44. The van der Waals surface area contributed by atoms with Crippen LogP contribution in [0.25, 0.3) is 0 Å². The Kier molecular flexibility index (Phi) is 7.19. The minimum Gasteiger partial charge on any atom is -0.388 e. The SMILES string of the molecule is CC1CCN(C(=O)C[C@@H]2O[C@H](CNS(=O)(=O)c3ccc(Cl)cc3)[C@@H](O)[C@H]2O)CC1. The van der Waals surface area contributed by atoms with Gasteiger partial charge >= 0.3 is 0 Å². The number of benzene rings is 1. The lowest BCUT2D eigenvalue weighted by Gasteiger charge is -2.31. The monoisotopic (exact) mass is 446 g/mol. The van der Waals surface area contributed by atoms with E-state index in [4.69, 9.17) is 16.3 Å². The lowest BCUT2D eigenvalue weighted by molar-refractivity contribution is -0.136. The number of sulfonamides is 1. The van der Waals surface area contributed by atoms with Crippen LogP contribution in [0.2, 0.25) is 5.02 Å². The van der Waals surface area contributed by atoms with Crippen molar-refractivity contribution in [3.8, 4) is 0 Å². The molecule has 2 aliphatic rings. The number of nitrogens with one attached hydrogen (secondary N) is 1. The Hall–Kier alpha value is -1.23. The van der Waals surface area contributed by atoms with E-state index in [0.29, 0.717) is 24.0 Å². The predicted molar refractivity (Wildman–Crippen MR) is 107 cm³/mol. The summed E-state index contributed by atoms with van der Waals surface area (Å²) >= 11 is 5.77. The first-order chi connectivity index (χ1) is 13.7. The zero-order valence-corrected chi connectivity index (χ0v) is 17.8. The number of likely N-dealkylation sites (tertiary alicyclic amines) is 1. The molecular weight excluding hydrogens is 420 g/mol. The molecule has 0 spiro atoms. The van der Waals surface area contributed by atoms with Gasteiger partial charge in [-0.2, -0.15) is 0 Å². The first-order valence-corrected chi connectivity index (χ1v) is 11.6. The Morgan fingerprint density at radius 1 is 1.17 bits per heavy atom. The highest BCUT2D eigenvalue weighted by molar-refractivity contribution is 7.89. The molecule has 0 bridgehead atoms. The lowest BCUT2D eigenvalue weighted by atomic mass is 9.98. The van der Waals surface area contributed by atoms with Crippen molar-refractivity contribution >= 4 is 27.5 Å². The molecule has 2 heterocycles. The summed E-state index contributed by atoms with van der Waals surface area (Å²) in [5.41, 5.74) is 0. The second-order valence-electron chi connectivity index (χ2n) is 7.77. The molecule has 4 atom stereocenters. The van der Waals surface area contributed by atoms with Gasteiger partial charge in [-0.05, 0) is 43.0 Å². The van der Waals surface area contributed by atoms with Crippen molar-refractivity contribution in [3.63, 3.8) is 0 Å². The van der Waals surface area contributed by atoms with E-state index < -0.39 is 34.4 Å². The fourth-order valence-corrected chi connectivity index (χ4v) is 4.78. The Balaban J connectivity index is 1.55. The van der Waals surface area contributed by atoms with E-state index in [2.05, 4.69) is 11.6 Å². The van der Waals surface area contributed by atoms with Gasteiger partial charge in [-0.1, -0.05) is 18.5 Å². The zero-order valence-electron chi connectivity index (χ0n) is 16.2. The van der Waals surface area contributed by atoms with Gasteiger partial charge in [0.05, 0.1) is 17.4 Å². The Morgan fingerprint density at radius 3 is 2.38 bits per heavy atom. The number of carbonyl (C=O) groups is 1. The van der Waals surface area contributed by atoms with Gasteiger partial charge in [-0.25, -0.2) is 13.1 Å². The number of aliphatic hydroxyl groups is 2. The van der Waals surface area contributed by atoms with Crippen LogP contribution < -0.4 is 4.72 Å². The molecule has 1 amide bonds. The van der Waals surface area contributed by atoms with Crippen LogP contribution in [0.1, 0.15) is 26.2 Å². The number of amides is 1. The molecule has 8 nitrogen and oxygen atoms in total. The molecule has 0 aliphatic carbocycles. The number of ether oxygens (including phenoxy) is 1. The smallest absolute Gasteiger partial charge is 0.240 e. The first-order valence-electron chi connectivity index (χ1n) is 9.72. The van der Waals surface area contributed by atoms with Crippen molar-refractivity contribution in [2.45, 2.75) is 55.5 Å². The largest absolute Gasteiger partial charge is 0.388 e. The van der Waals surface area contributed by atoms with Crippen LogP contribution in [-0.4, -0.2) is 73.5 Å². The average molecular weight is 447 g/mol. The van der Waals surface area contributed by atoms with Crippen LogP contribution in [0.3, 0.4) is 0 Å². The van der Waals surface area contributed by atoms with E-state index in [-0.39, 0.29) is 23.8 Å². The fraction of sp³-hybridized carbons (Fsp3) is 0.632. The molecule has 10 heteroatoms. The Morgan fingerprint density at radius 2 is 1.76 bits per heavy atom. The summed E-state index contributed by atoms with van der Waals surface area (Å²) in [4.78, 5) is 14.3. The van der Waals surface area contributed by atoms with Crippen LogP contribution >= 0.6 is 11.6 Å². The molecule has 29 heavy (non-hydrogen) atoms. The molecular formula is C19H27ClN2O6S. The van der Waals surface area contributed by atoms with Gasteiger partial charge in [0.2, 0.25) is 15.9 Å². The second-order valence-corrected chi connectivity index (χ2v) is 9.97. The number of aliphatic hydroxyl groups excluding tert-OH is 2. The zero-order chi connectivity index (χ0) is 21.2. The maximum absolute atomic E-state index is 12.5. The van der Waals surface area contributed by atoms with Gasteiger partial charge in [0, 0.05) is 24.7 Å². The number of carbonyl (C=O) groups excluding carboxylic acids is 1. The van der Waals surface area contributed by atoms with Gasteiger partial charge < -0.3 is 19.8 Å². The highest BCUT2D eigenvalue weighted by atomic mass is 35.5. The summed E-state index contributed by atoms with van der Waals surface area (Å²) in [6, 6.07) is 5.66. The number of hydrogen-bond donors (Lipinski definition) is 3. The summed E-state index contributed by atoms with van der Waals surface area (Å²) in [5, 5.41) is 20.9. The van der Waals surface area contributed by atoms with Gasteiger partial charge in [-0.3, -0.25) is 4.79 Å². The van der Waals surface area contributed by atoms with Crippen molar-refractivity contribution < 1.29 is 28.2 Å². The molecule has 2 fully saturated rings. The van der Waals surface area contributed by atoms with E-state index >= 15 is 0 Å². The second kappa shape index (κ2) is 9.28. The number of rotatable bonds is 6. The van der Waals surface area contributed by atoms with Crippen LogP contribution in [0.4, 0.5) is 0 Å². The highest BCUT2D eigenvalue weighted by Crippen LogP contribution is 2.26. The van der Waals surface area contributed by atoms with Crippen molar-refractivity contribution in [2.24, 2.45) is 5.92 Å². The van der Waals surface area contributed by atoms with E-state index in [1.54, 1.807) is 4.90 Å². The van der Waals surface area contributed by atoms with Gasteiger partial charge in [0.25, 0.3) is 0 Å². The van der Waals surface area contributed by atoms with Gasteiger partial charge in [0.15, 0.2) is 0 Å². The lowest BCUT2D eigenvalue weighted by Crippen LogP contribution is -2.41. The summed E-state index contributed by atoms with van der Waals surface area (Å²) in [7, 11) is -3.82. The molecule has 0 saturated carbocycles. The molecule has 1 aromatic rings. The van der Waals surface area contributed by atoms with E-state index in [1.807, 2.05) is 0 Å². The molecule has 0 radical (unpaired) electrons. The first kappa shape index (κ1) is 22.5. The third kappa shape index (κ3) is 5.48. The van der Waals surface area contributed by atoms with E-state index in [0.717, 1.165) is 12.8 Å². The van der Waals surface area contributed by atoms with E-state index in [9.17, 15) is 23.4 Å². The third-order valence-corrected chi connectivity index (χ3v) is 7.26. The molecule has 2 saturated heterocycles. The van der Waals surface area contributed by atoms with Gasteiger partial charge in [-0.15, -0.1) is 0 Å². The quantitative estimate of drug-likeness (QED) is 0.594. The number of piperidine rings is 1. The molecule has 3 N–H and O–H groups in total. The summed E-state index contributed by atoms with van der Waals surface area (Å²) in [5.74, 6) is 0.461. The Labute approximate surface area is 175 Å². The fourth-order valence-electron chi connectivity index (χ4n) is 3.61. The standard InChI is InChI=1S/C19H27ClN2O6S/c1-12-6-8-22(9-7-12)17(23)10-15-18(24)19(25)16(28-15)11-21-29(26,27)14-4-2-13(20)3-5-14/h2-5,12,15-16,18-19,21,24-25H,6-11H2,1H3/t15-,16+,18-,19+/m0/s1. The molecule has 162 valence electrons. The summed E-state index contributed by atoms with van der Waals surface area (Å²) in [6.07, 6.45) is -2.54. The molecule has 0 unspecified atom stereocenters. The third-order valence-electron chi connectivity index (χ3n) is 5.57. The minimum atomic E-state index is -3.82. The Bertz CT molecular complexity index is 810. The predicted octanol–water partition coefficient (Wildman–Crippen LogP) is 0.756. The van der Waals surface area contributed by atoms with Gasteiger partial charge in [0.1, 0.15) is 18.3 Å². The van der Waals surface area contributed by atoms with Crippen LogP contribution in [0.5, 0.6) is 0 Å². The van der Waals surface area contributed by atoms with Crippen molar-refractivity contribution in [3.05, 3.63) is 29.3 Å². The van der Waals surface area contributed by atoms with Crippen molar-refractivity contribution in [1.29, 1.82) is 0 Å². The van der Waals surface area contributed by atoms with E-state index in [1.165, 1.54) is 24.3 Å². The maximum atomic E-state index is 12.5. The normalized spacial score (nSPS) is 28.6. The van der Waals surface area contributed by atoms with Crippen LogP contribution in [-0.2, 0) is 19.6 Å². The number of halogens is 1. The summed E-state index contributed by atoms with van der Waals surface area (Å²) < 4.78 is 32.7. The maximum Gasteiger partial charge on any atom is 0.240 e. The number of nitrogens with zero attached hydrogens (tertiary/aromatic N) is 1. The molecule has 2 aliphatic heterocycles. The topological polar surface area (TPSA) is 116 Å². The minimum absolute atomic E-state index is 0.0287. The van der Waals surface area contributed by atoms with Crippen molar-refractivity contribution in [1.82, 2.24) is 9.62 Å². The average Bonchev–Trinajstić information content (AvgIpc) is 2.95. The summed E-state index contributed by atoms with van der Waals surface area (Å²) in [6.45, 7) is 3.28. The molecule has 3 rings (SSSR count). The number of hydrogen-bond acceptors (Lipinski definition) is 6. The van der Waals surface area contributed by atoms with Crippen LogP contribution in [0.15, 0.2) is 29.2 Å². The molecule has 1 aromatic carbocycles. The molecule has 0 aromatic heterocycles. The van der Waals surface area contributed by atoms with Crippen LogP contribution in [0, 0.1) is 5.92 Å². The van der Waals surface area contributed by atoms with Crippen molar-refractivity contribution in [2.75, 3.05) is 19.6 Å².